The van der Waals surface area contributed by atoms with Gasteiger partial charge in [-0.1, -0.05) is 81.1 Å². The molecule has 0 unspecified atom stereocenters. The summed E-state index contributed by atoms with van der Waals surface area (Å²) in [7, 11) is 0. The van der Waals surface area contributed by atoms with Gasteiger partial charge < -0.3 is 0 Å². The topological polar surface area (TPSA) is 12.9 Å². The van der Waals surface area contributed by atoms with Crippen LogP contribution in [0.5, 0.6) is 0 Å². The standard InChI is InChI=1S/C12H14.C10H9N.C2H6/c1-4-5-8-12-9-6-7-10(2)11(12)3;1-8-6-11-7-9-4-2-3-5-10(8)9;1-2/h4-9H,1H2,2-3H3;2-7H,1H3;1-2H3/b8-5-;;. The lowest BCUT2D eigenvalue weighted by atomic mass is 10.0. The zero-order chi connectivity index (χ0) is 18.7. The first-order chi connectivity index (χ1) is 12.1. The number of hydrogen-bond acceptors (Lipinski definition) is 1. The second-order valence-electron chi connectivity index (χ2n) is 5.56. The summed E-state index contributed by atoms with van der Waals surface area (Å²) in [5.41, 5.74) is 5.19. The molecule has 1 aromatic heterocycles. The number of benzene rings is 2. The molecule has 0 radical (unpaired) electrons. The number of nitrogens with zero attached hydrogens (tertiary/aromatic N) is 1. The van der Waals surface area contributed by atoms with E-state index in [4.69, 9.17) is 0 Å². The maximum Gasteiger partial charge on any atom is 0.0346 e. The first-order valence-electron chi connectivity index (χ1n) is 8.78. The monoisotopic (exact) mass is 331 g/mol. The highest BCUT2D eigenvalue weighted by Gasteiger charge is 1.95. The summed E-state index contributed by atoms with van der Waals surface area (Å²) >= 11 is 0. The van der Waals surface area contributed by atoms with E-state index in [1.54, 1.807) is 6.08 Å². The Morgan fingerprint density at radius 2 is 1.56 bits per heavy atom. The molecule has 130 valence electrons. The van der Waals surface area contributed by atoms with Crippen LogP contribution in [0, 0.1) is 20.8 Å². The van der Waals surface area contributed by atoms with E-state index in [-0.39, 0.29) is 0 Å². The van der Waals surface area contributed by atoms with Crippen molar-refractivity contribution >= 4 is 16.8 Å². The number of fused-ring (bicyclic) bond motifs is 1. The van der Waals surface area contributed by atoms with Gasteiger partial charge in [-0.3, -0.25) is 4.98 Å². The Balaban J connectivity index is 0.000000228. The number of pyridine rings is 1. The fourth-order valence-electron chi connectivity index (χ4n) is 2.39. The van der Waals surface area contributed by atoms with Crippen molar-refractivity contribution in [3.05, 3.63) is 95.8 Å². The van der Waals surface area contributed by atoms with E-state index in [1.165, 1.54) is 33.0 Å². The number of aryl methyl sites for hydroxylation is 2. The fraction of sp³-hybridized carbons (Fsp3) is 0.208. The van der Waals surface area contributed by atoms with Crippen molar-refractivity contribution in [1.82, 2.24) is 4.98 Å². The van der Waals surface area contributed by atoms with E-state index in [0.29, 0.717) is 0 Å². The SMILES string of the molecule is C=C/C=C\c1cccc(C)c1C.CC.Cc1cncc2ccccc12. The Labute approximate surface area is 152 Å². The molecule has 1 heteroatoms. The van der Waals surface area contributed by atoms with Crippen molar-refractivity contribution in [3.63, 3.8) is 0 Å². The smallest absolute Gasteiger partial charge is 0.0346 e. The summed E-state index contributed by atoms with van der Waals surface area (Å²) in [5.74, 6) is 0. The molecule has 0 atom stereocenters. The van der Waals surface area contributed by atoms with Gasteiger partial charge in [0.1, 0.15) is 0 Å². The van der Waals surface area contributed by atoms with Gasteiger partial charge in [0.2, 0.25) is 0 Å². The van der Waals surface area contributed by atoms with E-state index < -0.39 is 0 Å². The Morgan fingerprint density at radius 1 is 0.840 bits per heavy atom. The van der Waals surface area contributed by atoms with Crippen LogP contribution in [0.25, 0.3) is 16.8 Å². The molecule has 0 amide bonds. The summed E-state index contributed by atoms with van der Waals surface area (Å²) in [6.45, 7) is 14.0. The lowest BCUT2D eigenvalue weighted by Gasteiger charge is -2.02. The highest BCUT2D eigenvalue weighted by atomic mass is 14.6. The molecule has 0 saturated heterocycles. The van der Waals surface area contributed by atoms with Crippen LogP contribution in [-0.2, 0) is 0 Å². The van der Waals surface area contributed by atoms with Crippen molar-refractivity contribution in [3.8, 4) is 0 Å². The number of rotatable bonds is 2. The Morgan fingerprint density at radius 3 is 2.24 bits per heavy atom. The first-order valence-corrected chi connectivity index (χ1v) is 8.78. The van der Waals surface area contributed by atoms with Gasteiger partial charge in [0.05, 0.1) is 0 Å². The van der Waals surface area contributed by atoms with Crippen LogP contribution in [0.4, 0.5) is 0 Å². The molecule has 0 aliphatic rings. The summed E-state index contributed by atoms with van der Waals surface area (Å²) in [6.07, 6.45) is 9.61. The normalized spacial score (nSPS) is 9.80. The molecule has 3 rings (SSSR count). The molecule has 0 aliphatic heterocycles. The van der Waals surface area contributed by atoms with E-state index in [0.717, 1.165) is 0 Å². The van der Waals surface area contributed by atoms with E-state index in [9.17, 15) is 0 Å². The van der Waals surface area contributed by atoms with Gasteiger partial charge in [-0.25, -0.2) is 0 Å². The quantitative estimate of drug-likeness (QED) is 0.457. The summed E-state index contributed by atoms with van der Waals surface area (Å²) in [5, 5.41) is 2.51. The Bertz CT molecular complexity index is 823. The summed E-state index contributed by atoms with van der Waals surface area (Å²) < 4.78 is 0. The predicted molar refractivity (Wildman–Crippen MR) is 113 cm³/mol. The average molecular weight is 332 g/mol. The van der Waals surface area contributed by atoms with Crippen LogP contribution >= 0.6 is 0 Å². The highest BCUT2D eigenvalue weighted by Crippen LogP contribution is 2.15. The van der Waals surface area contributed by atoms with Crippen molar-refractivity contribution in [2.75, 3.05) is 0 Å². The molecular weight excluding hydrogens is 302 g/mol. The molecule has 0 spiro atoms. The second-order valence-corrected chi connectivity index (χ2v) is 5.56. The van der Waals surface area contributed by atoms with Crippen LogP contribution in [0.3, 0.4) is 0 Å². The van der Waals surface area contributed by atoms with Gasteiger partial charge >= 0.3 is 0 Å². The lowest BCUT2D eigenvalue weighted by Crippen LogP contribution is -1.83. The third-order valence-corrected chi connectivity index (χ3v) is 3.93. The molecule has 1 heterocycles. The number of allylic oxidation sites excluding steroid dienone is 2. The van der Waals surface area contributed by atoms with Gasteiger partial charge in [0.15, 0.2) is 0 Å². The molecule has 1 nitrogen and oxygen atoms in total. The van der Waals surface area contributed by atoms with Crippen LogP contribution in [-0.4, -0.2) is 4.98 Å². The van der Waals surface area contributed by atoms with Gasteiger partial charge in [-0.05, 0) is 48.4 Å². The average Bonchev–Trinajstić information content (AvgIpc) is 2.66. The zero-order valence-corrected chi connectivity index (χ0v) is 16.1. The van der Waals surface area contributed by atoms with Crippen LogP contribution in [0.2, 0.25) is 0 Å². The summed E-state index contributed by atoms with van der Waals surface area (Å²) in [4.78, 5) is 4.11. The summed E-state index contributed by atoms with van der Waals surface area (Å²) in [6, 6.07) is 14.6. The minimum atomic E-state index is 1.22. The minimum absolute atomic E-state index is 1.22. The maximum absolute atomic E-state index is 4.11. The van der Waals surface area contributed by atoms with Crippen LogP contribution in [0.1, 0.15) is 36.1 Å². The molecule has 2 aromatic carbocycles. The Kier molecular flexibility index (Phi) is 8.95. The van der Waals surface area contributed by atoms with Crippen LogP contribution < -0.4 is 0 Å². The first kappa shape index (κ1) is 20.4. The van der Waals surface area contributed by atoms with E-state index in [2.05, 4.69) is 74.8 Å². The van der Waals surface area contributed by atoms with Gasteiger partial charge in [0.25, 0.3) is 0 Å². The lowest BCUT2D eigenvalue weighted by molar-refractivity contribution is 1.31. The molecule has 3 aromatic rings. The third-order valence-electron chi connectivity index (χ3n) is 3.93. The molecular formula is C24H29N. The predicted octanol–water partition coefficient (Wildman–Crippen LogP) is 7.07. The second kappa shape index (κ2) is 11.0. The molecule has 0 fully saturated rings. The largest absolute Gasteiger partial charge is 0.264 e. The van der Waals surface area contributed by atoms with E-state index in [1.807, 2.05) is 38.4 Å². The Hall–Kier alpha value is -2.67. The molecule has 0 bridgehead atoms. The fourth-order valence-corrected chi connectivity index (χ4v) is 2.39. The molecule has 0 N–H and O–H groups in total. The van der Waals surface area contributed by atoms with Gasteiger partial charge in [-0.2, -0.15) is 0 Å². The van der Waals surface area contributed by atoms with Gasteiger partial charge in [0, 0.05) is 17.8 Å². The van der Waals surface area contributed by atoms with Crippen molar-refractivity contribution in [2.24, 2.45) is 0 Å². The number of hydrogen-bond donors (Lipinski definition) is 0. The molecule has 25 heavy (non-hydrogen) atoms. The highest BCUT2D eigenvalue weighted by molar-refractivity contribution is 5.84. The minimum Gasteiger partial charge on any atom is -0.264 e. The number of aromatic nitrogens is 1. The zero-order valence-electron chi connectivity index (χ0n) is 16.1. The molecule has 0 aliphatic carbocycles. The molecule has 0 saturated carbocycles. The maximum atomic E-state index is 4.11. The van der Waals surface area contributed by atoms with Crippen molar-refractivity contribution < 1.29 is 0 Å². The van der Waals surface area contributed by atoms with Crippen molar-refractivity contribution in [1.29, 1.82) is 0 Å². The van der Waals surface area contributed by atoms with Gasteiger partial charge in [-0.15, -0.1) is 0 Å². The third kappa shape index (κ3) is 6.04. The van der Waals surface area contributed by atoms with Crippen LogP contribution in [0.15, 0.2) is 73.6 Å². The van der Waals surface area contributed by atoms with Crippen molar-refractivity contribution in [2.45, 2.75) is 34.6 Å². The van der Waals surface area contributed by atoms with E-state index >= 15 is 0 Å².